The number of rotatable bonds is 3. The maximum atomic E-state index is 10.6. The maximum absolute atomic E-state index is 10.6. The van der Waals surface area contributed by atoms with E-state index in [1.165, 1.54) is 0 Å². The minimum Gasteiger partial charge on any atom is -0.355 e. The Morgan fingerprint density at radius 2 is 2.40 bits per heavy atom. The highest BCUT2D eigenvalue weighted by Crippen LogP contribution is 1.77. The number of nitrogens with one attached hydrogen (secondary N) is 1. The van der Waals surface area contributed by atoms with E-state index in [1.54, 1.807) is 0 Å². The van der Waals surface area contributed by atoms with Crippen molar-refractivity contribution in [3.05, 3.63) is 0 Å². The molecule has 0 heterocycles. The standard InChI is InChI=1S/C7H11NOS/c1-2-7(9)8-5-3-4-6-10/h10H,2-3,5H2,1H3,(H,8,9). The SMILES string of the molecule is CCC(=O)NCCC#CS. The maximum Gasteiger partial charge on any atom is 0.219 e. The quantitative estimate of drug-likeness (QED) is 0.354. The predicted octanol–water partition coefficient (Wildman–Crippen LogP) is 0.793. The molecule has 0 fully saturated rings. The van der Waals surface area contributed by atoms with E-state index in [4.69, 9.17) is 0 Å². The third kappa shape index (κ3) is 5.52. The molecule has 0 saturated carbocycles. The van der Waals surface area contributed by atoms with Gasteiger partial charge in [-0.2, -0.15) is 0 Å². The van der Waals surface area contributed by atoms with Gasteiger partial charge >= 0.3 is 0 Å². The van der Waals surface area contributed by atoms with Crippen LogP contribution in [0.1, 0.15) is 19.8 Å². The topological polar surface area (TPSA) is 29.1 Å². The summed E-state index contributed by atoms with van der Waals surface area (Å²) in [6.45, 7) is 2.44. The first-order valence-electron chi connectivity index (χ1n) is 3.20. The summed E-state index contributed by atoms with van der Waals surface area (Å²) >= 11 is 3.69. The normalized spacial score (nSPS) is 7.80. The summed E-state index contributed by atoms with van der Waals surface area (Å²) in [4.78, 5) is 10.6. The molecule has 0 radical (unpaired) electrons. The summed E-state index contributed by atoms with van der Waals surface area (Å²) in [6.07, 6.45) is 1.21. The lowest BCUT2D eigenvalue weighted by Crippen LogP contribution is -2.22. The van der Waals surface area contributed by atoms with Crippen molar-refractivity contribution in [3.63, 3.8) is 0 Å². The van der Waals surface area contributed by atoms with E-state index in [2.05, 4.69) is 29.1 Å². The molecule has 0 aromatic rings. The summed E-state index contributed by atoms with van der Waals surface area (Å²) < 4.78 is 0. The fourth-order valence-corrected chi connectivity index (χ4v) is 0.557. The van der Waals surface area contributed by atoms with Crippen molar-refractivity contribution in [2.45, 2.75) is 19.8 Å². The summed E-state index contributed by atoms with van der Waals surface area (Å²) in [6, 6.07) is 0. The lowest BCUT2D eigenvalue weighted by molar-refractivity contribution is -0.120. The van der Waals surface area contributed by atoms with Crippen molar-refractivity contribution in [2.75, 3.05) is 6.54 Å². The Morgan fingerprint density at radius 3 is 2.90 bits per heavy atom. The second-order valence-corrected chi connectivity index (χ2v) is 1.97. The van der Waals surface area contributed by atoms with Gasteiger partial charge in [-0.3, -0.25) is 4.79 Å². The van der Waals surface area contributed by atoms with E-state index in [-0.39, 0.29) is 5.91 Å². The fraction of sp³-hybridized carbons (Fsp3) is 0.571. The van der Waals surface area contributed by atoms with Gasteiger partial charge in [-0.1, -0.05) is 25.5 Å². The second-order valence-electron chi connectivity index (χ2n) is 1.74. The van der Waals surface area contributed by atoms with Crippen LogP contribution in [0.15, 0.2) is 0 Å². The second kappa shape index (κ2) is 6.50. The average Bonchev–Trinajstić information content (AvgIpc) is 1.98. The van der Waals surface area contributed by atoms with Gasteiger partial charge in [-0.25, -0.2) is 0 Å². The number of thiol groups is 1. The number of amides is 1. The number of hydrogen-bond acceptors (Lipinski definition) is 2. The van der Waals surface area contributed by atoms with Crippen LogP contribution in [0, 0.1) is 11.2 Å². The molecule has 0 saturated heterocycles. The third-order valence-electron chi connectivity index (χ3n) is 0.972. The molecule has 2 nitrogen and oxygen atoms in total. The van der Waals surface area contributed by atoms with Crippen LogP contribution in [-0.4, -0.2) is 12.5 Å². The zero-order chi connectivity index (χ0) is 7.82. The molecule has 10 heavy (non-hydrogen) atoms. The average molecular weight is 157 g/mol. The molecule has 0 aliphatic carbocycles. The van der Waals surface area contributed by atoms with Crippen molar-refractivity contribution < 1.29 is 4.79 Å². The van der Waals surface area contributed by atoms with Crippen LogP contribution in [0.4, 0.5) is 0 Å². The zero-order valence-electron chi connectivity index (χ0n) is 5.98. The molecule has 0 aliphatic heterocycles. The highest BCUT2D eigenvalue weighted by atomic mass is 32.1. The van der Waals surface area contributed by atoms with E-state index in [9.17, 15) is 4.79 Å². The van der Waals surface area contributed by atoms with Crippen molar-refractivity contribution in [1.82, 2.24) is 5.32 Å². The van der Waals surface area contributed by atoms with Gasteiger partial charge in [0.05, 0.1) is 0 Å². The van der Waals surface area contributed by atoms with Gasteiger partial charge in [0.15, 0.2) is 0 Å². The third-order valence-corrected chi connectivity index (χ3v) is 1.13. The van der Waals surface area contributed by atoms with Crippen molar-refractivity contribution in [3.8, 4) is 11.2 Å². The molecule has 0 atom stereocenters. The largest absolute Gasteiger partial charge is 0.355 e. The molecule has 0 aromatic carbocycles. The van der Waals surface area contributed by atoms with Crippen LogP contribution < -0.4 is 5.32 Å². The molecule has 0 bridgehead atoms. The van der Waals surface area contributed by atoms with Crippen molar-refractivity contribution in [2.24, 2.45) is 0 Å². The van der Waals surface area contributed by atoms with Crippen molar-refractivity contribution >= 4 is 18.5 Å². The highest BCUT2D eigenvalue weighted by molar-refractivity contribution is 7.85. The Balaban J connectivity index is 3.17. The Kier molecular flexibility index (Phi) is 6.10. The molecular weight excluding hydrogens is 146 g/mol. The Hall–Kier alpha value is -0.620. The molecule has 0 spiro atoms. The molecule has 0 aliphatic rings. The first-order valence-corrected chi connectivity index (χ1v) is 3.64. The van der Waals surface area contributed by atoms with Crippen LogP contribution in [0.3, 0.4) is 0 Å². The fourth-order valence-electron chi connectivity index (χ4n) is 0.445. The van der Waals surface area contributed by atoms with E-state index in [0.29, 0.717) is 19.4 Å². The molecule has 0 aromatic heterocycles. The van der Waals surface area contributed by atoms with Crippen LogP contribution >= 0.6 is 12.6 Å². The summed E-state index contributed by atoms with van der Waals surface area (Å²) in [7, 11) is 0. The van der Waals surface area contributed by atoms with Crippen LogP contribution in [0.2, 0.25) is 0 Å². The van der Waals surface area contributed by atoms with E-state index in [0.717, 1.165) is 0 Å². The molecular formula is C7H11NOS. The van der Waals surface area contributed by atoms with E-state index < -0.39 is 0 Å². The minimum absolute atomic E-state index is 0.0703. The van der Waals surface area contributed by atoms with Crippen molar-refractivity contribution in [1.29, 1.82) is 0 Å². The smallest absolute Gasteiger partial charge is 0.219 e. The number of carbonyl (C=O) groups is 1. The molecule has 0 unspecified atom stereocenters. The minimum atomic E-state index is 0.0703. The van der Waals surface area contributed by atoms with Gasteiger partial charge < -0.3 is 5.32 Å². The first kappa shape index (κ1) is 9.38. The molecule has 0 rings (SSSR count). The summed E-state index contributed by atoms with van der Waals surface area (Å²) in [5.74, 6) is 2.80. The monoisotopic (exact) mass is 157 g/mol. The Labute approximate surface area is 66.8 Å². The highest BCUT2D eigenvalue weighted by Gasteiger charge is 1.91. The zero-order valence-corrected chi connectivity index (χ0v) is 6.87. The lowest BCUT2D eigenvalue weighted by atomic mass is 10.4. The Bertz CT molecular complexity index is 157. The van der Waals surface area contributed by atoms with Gasteiger partial charge in [0.2, 0.25) is 5.91 Å². The van der Waals surface area contributed by atoms with Gasteiger partial charge in [0.25, 0.3) is 0 Å². The van der Waals surface area contributed by atoms with Gasteiger partial charge in [0.1, 0.15) is 0 Å². The molecule has 1 amide bonds. The number of hydrogen-bond donors (Lipinski definition) is 2. The summed E-state index contributed by atoms with van der Waals surface area (Å²) in [5.41, 5.74) is 0. The van der Waals surface area contributed by atoms with Crippen LogP contribution in [0.5, 0.6) is 0 Å². The molecule has 1 N–H and O–H groups in total. The molecule has 3 heteroatoms. The first-order chi connectivity index (χ1) is 4.81. The number of carbonyl (C=O) groups excluding carboxylic acids is 1. The summed E-state index contributed by atoms with van der Waals surface area (Å²) in [5, 5.41) is 5.14. The predicted molar refractivity (Wildman–Crippen MR) is 44.7 cm³/mol. The van der Waals surface area contributed by atoms with Crippen LogP contribution in [-0.2, 0) is 4.79 Å². The van der Waals surface area contributed by atoms with Gasteiger partial charge in [-0.05, 0) is 5.25 Å². The van der Waals surface area contributed by atoms with Gasteiger partial charge in [0, 0.05) is 19.4 Å². The lowest BCUT2D eigenvalue weighted by Gasteiger charge is -1.97. The van der Waals surface area contributed by atoms with Crippen LogP contribution in [0.25, 0.3) is 0 Å². The Morgan fingerprint density at radius 1 is 1.70 bits per heavy atom. The van der Waals surface area contributed by atoms with E-state index in [1.807, 2.05) is 6.92 Å². The molecule has 56 valence electrons. The van der Waals surface area contributed by atoms with Gasteiger partial charge in [-0.15, -0.1) is 0 Å². The van der Waals surface area contributed by atoms with E-state index >= 15 is 0 Å².